The van der Waals surface area contributed by atoms with E-state index in [1.165, 1.54) is 33.5 Å². The van der Waals surface area contributed by atoms with Crippen molar-refractivity contribution in [2.75, 3.05) is 4.98 Å². The molecule has 2 heteroatoms. The van der Waals surface area contributed by atoms with Crippen molar-refractivity contribution in [2.24, 2.45) is 0 Å². The third-order valence-corrected chi connectivity index (χ3v) is 8.66. The van der Waals surface area contributed by atoms with Gasteiger partial charge in [-0.2, -0.15) is 0 Å². The van der Waals surface area contributed by atoms with Crippen molar-refractivity contribution in [1.82, 2.24) is 0 Å². The molecule has 1 aliphatic carbocycles. The average Bonchev–Trinajstić information content (AvgIpc) is 2.58. The molecule has 0 saturated heterocycles. The van der Waals surface area contributed by atoms with Crippen LogP contribution in [0.15, 0.2) is 34.4 Å². The Morgan fingerprint density at radius 2 is 1.18 bits per heavy atom. The molecular formula is C20H31NSi. The summed E-state index contributed by atoms with van der Waals surface area (Å²) in [6.07, 6.45) is 0. The molecule has 0 aliphatic heterocycles. The minimum Gasteiger partial charge on any atom is -0.409 e. The molecule has 1 aromatic rings. The van der Waals surface area contributed by atoms with Gasteiger partial charge in [-0.3, -0.25) is 0 Å². The average molecular weight is 314 g/mol. The second-order valence-corrected chi connectivity index (χ2v) is 11.9. The van der Waals surface area contributed by atoms with Crippen molar-refractivity contribution in [3.63, 3.8) is 0 Å². The molecule has 2 rings (SSSR count). The van der Waals surface area contributed by atoms with Crippen LogP contribution in [0, 0.1) is 20.8 Å². The largest absolute Gasteiger partial charge is 0.409 e. The number of hydrogen-bond donors (Lipinski definition) is 1. The fourth-order valence-electron chi connectivity index (χ4n) is 4.20. The lowest BCUT2D eigenvalue weighted by Gasteiger charge is -2.35. The van der Waals surface area contributed by atoms with Crippen molar-refractivity contribution in [3.05, 3.63) is 51.1 Å². The van der Waals surface area contributed by atoms with Gasteiger partial charge in [0.1, 0.15) is 0 Å². The number of rotatable bonds is 3. The predicted molar refractivity (Wildman–Crippen MR) is 102 cm³/mol. The summed E-state index contributed by atoms with van der Waals surface area (Å²) in [4.78, 5) is 4.00. The molecule has 0 aromatic heterocycles. The van der Waals surface area contributed by atoms with Crippen LogP contribution in [-0.4, -0.2) is 8.24 Å². The molecule has 120 valence electrons. The normalized spacial score (nSPS) is 16.8. The summed E-state index contributed by atoms with van der Waals surface area (Å²) in [6.45, 7) is 20.8. The van der Waals surface area contributed by atoms with Gasteiger partial charge in [0, 0.05) is 11.2 Å². The summed E-state index contributed by atoms with van der Waals surface area (Å²) in [5.41, 5.74) is 12.2. The maximum absolute atomic E-state index is 4.00. The third-order valence-electron chi connectivity index (χ3n) is 5.46. The first-order chi connectivity index (χ1) is 10.1. The molecule has 0 amide bonds. The number of hydrogen-bond acceptors (Lipinski definition) is 1. The summed E-state index contributed by atoms with van der Waals surface area (Å²) in [5.74, 6) is 0. The van der Waals surface area contributed by atoms with Crippen molar-refractivity contribution in [3.8, 4) is 0 Å². The van der Waals surface area contributed by atoms with Crippen LogP contribution in [0.1, 0.15) is 44.4 Å². The Balaban J connectivity index is 2.42. The zero-order valence-corrected chi connectivity index (χ0v) is 16.7. The zero-order valence-electron chi connectivity index (χ0n) is 15.7. The van der Waals surface area contributed by atoms with Gasteiger partial charge in [-0.25, -0.2) is 0 Å². The smallest absolute Gasteiger partial charge is 0.158 e. The minimum atomic E-state index is -1.67. The van der Waals surface area contributed by atoms with E-state index in [-0.39, 0.29) is 0 Å². The zero-order chi connectivity index (χ0) is 16.8. The highest BCUT2D eigenvalue weighted by Gasteiger charge is 2.39. The summed E-state index contributed by atoms with van der Waals surface area (Å²) in [7, 11) is -1.67. The van der Waals surface area contributed by atoms with Gasteiger partial charge >= 0.3 is 0 Å². The van der Waals surface area contributed by atoms with Crippen LogP contribution in [0.2, 0.25) is 18.6 Å². The molecule has 1 N–H and O–H groups in total. The van der Waals surface area contributed by atoms with E-state index >= 15 is 0 Å². The van der Waals surface area contributed by atoms with Crippen LogP contribution in [0.5, 0.6) is 0 Å². The molecule has 0 spiro atoms. The van der Waals surface area contributed by atoms with Gasteiger partial charge in [-0.1, -0.05) is 41.9 Å². The van der Waals surface area contributed by atoms with E-state index in [0.717, 1.165) is 0 Å². The summed E-state index contributed by atoms with van der Waals surface area (Å²) in [5, 5.41) is 0. The Hall–Kier alpha value is -1.28. The molecule has 1 aromatic carbocycles. The van der Waals surface area contributed by atoms with E-state index in [4.69, 9.17) is 0 Å². The standard InChI is InChI=1S/C20H31NSi/c1-12-10-13(2)19(14(3)11-12)21-22(8,9)20-17(6)15(4)16(5)18(20)7/h10-11,20-21H,1-9H3. The van der Waals surface area contributed by atoms with E-state index < -0.39 is 8.24 Å². The number of nitrogens with one attached hydrogen (secondary N) is 1. The Morgan fingerprint density at radius 3 is 1.59 bits per heavy atom. The molecule has 1 aliphatic rings. The lowest BCUT2D eigenvalue weighted by atomic mass is 10.1. The van der Waals surface area contributed by atoms with E-state index in [9.17, 15) is 0 Å². The quantitative estimate of drug-likeness (QED) is 0.647. The van der Waals surface area contributed by atoms with Crippen LogP contribution < -0.4 is 4.98 Å². The Kier molecular flexibility index (Phi) is 4.45. The summed E-state index contributed by atoms with van der Waals surface area (Å²) < 4.78 is 0. The van der Waals surface area contributed by atoms with Crippen LogP contribution in [0.4, 0.5) is 5.69 Å². The maximum Gasteiger partial charge on any atom is 0.158 e. The number of anilines is 1. The van der Waals surface area contributed by atoms with Crippen molar-refractivity contribution < 1.29 is 0 Å². The van der Waals surface area contributed by atoms with Crippen LogP contribution in [0.25, 0.3) is 0 Å². The number of allylic oxidation sites excluding steroid dienone is 4. The van der Waals surface area contributed by atoms with Gasteiger partial charge in [0.05, 0.1) is 0 Å². The van der Waals surface area contributed by atoms with Crippen molar-refractivity contribution >= 4 is 13.9 Å². The van der Waals surface area contributed by atoms with Gasteiger partial charge < -0.3 is 4.98 Å². The highest BCUT2D eigenvalue weighted by atomic mass is 28.3. The Bertz CT molecular complexity index is 630. The second kappa shape index (κ2) is 5.73. The first-order valence-corrected chi connectivity index (χ1v) is 11.3. The third kappa shape index (κ3) is 2.81. The fourth-order valence-corrected chi connectivity index (χ4v) is 7.98. The molecule has 22 heavy (non-hydrogen) atoms. The van der Waals surface area contributed by atoms with Gasteiger partial charge in [0.2, 0.25) is 0 Å². The van der Waals surface area contributed by atoms with Gasteiger partial charge in [0.25, 0.3) is 0 Å². The lowest BCUT2D eigenvalue weighted by molar-refractivity contribution is 1.06. The highest BCUT2D eigenvalue weighted by Crippen LogP contribution is 2.46. The minimum absolute atomic E-state index is 0.604. The molecule has 0 fully saturated rings. The first kappa shape index (κ1) is 17.1. The topological polar surface area (TPSA) is 12.0 Å². The summed E-state index contributed by atoms with van der Waals surface area (Å²) >= 11 is 0. The predicted octanol–water partition coefficient (Wildman–Crippen LogP) is 6.29. The summed E-state index contributed by atoms with van der Waals surface area (Å²) in [6, 6.07) is 4.58. The van der Waals surface area contributed by atoms with Crippen molar-refractivity contribution in [1.29, 1.82) is 0 Å². The number of aryl methyl sites for hydroxylation is 3. The van der Waals surface area contributed by atoms with Gasteiger partial charge in [0.15, 0.2) is 8.24 Å². The van der Waals surface area contributed by atoms with Crippen LogP contribution in [-0.2, 0) is 0 Å². The lowest BCUT2D eigenvalue weighted by Crippen LogP contribution is -2.43. The molecule has 0 saturated carbocycles. The van der Waals surface area contributed by atoms with Gasteiger partial charge in [-0.05, 0) is 70.7 Å². The molecular weight excluding hydrogens is 282 g/mol. The van der Waals surface area contributed by atoms with Gasteiger partial charge in [-0.15, -0.1) is 0 Å². The number of benzene rings is 1. The molecule has 0 unspecified atom stereocenters. The van der Waals surface area contributed by atoms with E-state index in [0.29, 0.717) is 5.54 Å². The van der Waals surface area contributed by atoms with Crippen LogP contribution in [0.3, 0.4) is 0 Å². The molecule has 1 nitrogen and oxygen atoms in total. The Labute approximate surface area is 137 Å². The molecule has 0 heterocycles. The van der Waals surface area contributed by atoms with Crippen LogP contribution >= 0.6 is 0 Å². The molecule has 0 bridgehead atoms. The van der Waals surface area contributed by atoms with E-state index in [1.54, 1.807) is 11.1 Å². The molecule has 0 radical (unpaired) electrons. The molecule has 0 atom stereocenters. The fraction of sp³-hybridized carbons (Fsp3) is 0.500. The maximum atomic E-state index is 4.00. The first-order valence-electron chi connectivity index (χ1n) is 8.27. The van der Waals surface area contributed by atoms with Crippen molar-refractivity contribution in [2.45, 2.75) is 67.1 Å². The van der Waals surface area contributed by atoms with E-state index in [2.05, 4.69) is 78.7 Å². The van der Waals surface area contributed by atoms with E-state index in [1.807, 2.05) is 0 Å². The Morgan fingerprint density at radius 1 is 0.773 bits per heavy atom. The SMILES string of the molecule is CC1=C(C)C([Si](C)(C)Nc2c(C)cc(C)cc2C)C(C)=C1C. The highest BCUT2D eigenvalue weighted by molar-refractivity contribution is 6.83. The monoisotopic (exact) mass is 313 g/mol. The second-order valence-electron chi connectivity index (χ2n) is 7.67.